The Morgan fingerprint density at radius 1 is 1.37 bits per heavy atom. The molecule has 0 radical (unpaired) electrons. The van der Waals surface area contributed by atoms with E-state index in [4.69, 9.17) is 11.6 Å². The molecular formula is C14H13ClN2O2. The number of hydrogen-bond acceptors (Lipinski definition) is 3. The lowest BCUT2D eigenvalue weighted by molar-refractivity contribution is 0.0939. The summed E-state index contributed by atoms with van der Waals surface area (Å²) in [6.45, 7) is 1.86. The lowest BCUT2D eigenvalue weighted by atomic mass is 10.1. The summed E-state index contributed by atoms with van der Waals surface area (Å²) in [6.07, 6.45) is 2.68. The van der Waals surface area contributed by atoms with Gasteiger partial charge in [0.25, 0.3) is 5.91 Å². The molecule has 1 aromatic carbocycles. The number of nitrogens with one attached hydrogen (secondary N) is 1. The number of aromatic nitrogens is 1. The second kappa shape index (κ2) is 5.71. The fraction of sp³-hybridized carbons (Fsp3) is 0.143. The van der Waals surface area contributed by atoms with Gasteiger partial charge in [-0.2, -0.15) is 0 Å². The number of rotatable bonds is 3. The van der Waals surface area contributed by atoms with E-state index in [0.29, 0.717) is 10.6 Å². The zero-order valence-electron chi connectivity index (χ0n) is 10.3. The molecule has 1 aromatic heterocycles. The molecule has 0 aliphatic carbocycles. The van der Waals surface area contributed by atoms with Gasteiger partial charge in [0, 0.05) is 11.2 Å². The third-order valence-electron chi connectivity index (χ3n) is 2.68. The molecule has 1 heterocycles. The van der Waals surface area contributed by atoms with E-state index >= 15 is 0 Å². The van der Waals surface area contributed by atoms with Gasteiger partial charge in [0.05, 0.1) is 17.8 Å². The van der Waals surface area contributed by atoms with Crippen molar-refractivity contribution in [1.29, 1.82) is 0 Å². The lowest BCUT2D eigenvalue weighted by Gasteiger charge is -2.14. The first-order valence-electron chi connectivity index (χ1n) is 5.76. The molecule has 0 aliphatic rings. The van der Waals surface area contributed by atoms with Crippen LogP contribution in [0.2, 0.25) is 5.02 Å². The smallest absolute Gasteiger partial charge is 0.253 e. The fourth-order valence-electron chi connectivity index (χ4n) is 1.69. The van der Waals surface area contributed by atoms with Crippen molar-refractivity contribution in [2.75, 3.05) is 0 Å². The van der Waals surface area contributed by atoms with Crippen LogP contribution in [-0.2, 0) is 0 Å². The molecule has 1 atom stereocenters. The molecule has 1 amide bonds. The van der Waals surface area contributed by atoms with Crippen LogP contribution >= 0.6 is 11.6 Å². The number of hydrogen-bond donors (Lipinski definition) is 2. The Labute approximate surface area is 116 Å². The van der Waals surface area contributed by atoms with E-state index < -0.39 is 0 Å². The molecule has 1 unspecified atom stereocenters. The van der Waals surface area contributed by atoms with Crippen molar-refractivity contribution in [2.24, 2.45) is 0 Å². The summed E-state index contributed by atoms with van der Waals surface area (Å²) >= 11 is 5.91. The molecule has 2 N–H and O–H groups in total. The van der Waals surface area contributed by atoms with Crippen LogP contribution in [0.25, 0.3) is 0 Å². The minimum Gasteiger partial charge on any atom is -0.506 e. The summed E-state index contributed by atoms with van der Waals surface area (Å²) < 4.78 is 0. The molecule has 0 saturated carbocycles. The molecule has 0 bridgehead atoms. The summed E-state index contributed by atoms with van der Waals surface area (Å²) in [5.41, 5.74) is 1.22. The Morgan fingerprint density at radius 3 is 2.84 bits per heavy atom. The van der Waals surface area contributed by atoms with Crippen LogP contribution in [0.1, 0.15) is 28.9 Å². The third-order valence-corrected chi connectivity index (χ3v) is 2.92. The predicted octanol–water partition coefficient (Wildman–Crippen LogP) is 2.93. The molecule has 0 fully saturated rings. The van der Waals surface area contributed by atoms with Crippen molar-refractivity contribution in [3.63, 3.8) is 0 Å². The molecule has 0 aliphatic heterocycles. The van der Waals surface area contributed by atoms with Gasteiger partial charge in [-0.3, -0.25) is 9.78 Å². The Bertz CT molecular complexity index is 602. The van der Waals surface area contributed by atoms with Gasteiger partial charge in [-0.25, -0.2) is 0 Å². The first-order valence-corrected chi connectivity index (χ1v) is 6.14. The van der Waals surface area contributed by atoms with E-state index in [-0.39, 0.29) is 17.7 Å². The van der Waals surface area contributed by atoms with Crippen molar-refractivity contribution < 1.29 is 9.90 Å². The Balaban J connectivity index is 2.11. The largest absolute Gasteiger partial charge is 0.506 e. The van der Waals surface area contributed by atoms with Crippen LogP contribution < -0.4 is 5.32 Å². The van der Waals surface area contributed by atoms with Crippen LogP contribution in [0.5, 0.6) is 5.75 Å². The normalized spacial score (nSPS) is 11.9. The van der Waals surface area contributed by atoms with Gasteiger partial charge in [0.15, 0.2) is 0 Å². The molecule has 0 saturated heterocycles. The highest BCUT2D eigenvalue weighted by molar-refractivity contribution is 6.30. The minimum absolute atomic E-state index is 0.0388. The number of benzene rings is 1. The molecule has 2 rings (SSSR count). The maximum atomic E-state index is 12.0. The molecular weight excluding hydrogens is 264 g/mol. The van der Waals surface area contributed by atoms with E-state index in [9.17, 15) is 9.90 Å². The van der Waals surface area contributed by atoms with Crippen LogP contribution in [0.4, 0.5) is 0 Å². The van der Waals surface area contributed by atoms with E-state index in [1.54, 1.807) is 12.1 Å². The van der Waals surface area contributed by atoms with Crippen LogP contribution in [0.15, 0.2) is 42.7 Å². The van der Waals surface area contributed by atoms with E-state index in [1.807, 2.05) is 19.1 Å². The van der Waals surface area contributed by atoms with E-state index in [1.165, 1.54) is 18.5 Å². The Morgan fingerprint density at radius 2 is 2.16 bits per heavy atom. The Hall–Kier alpha value is -2.07. The molecule has 5 heteroatoms. The van der Waals surface area contributed by atoms with Crippen molar-refractivity contribution in [3.8, 4) is 5.75 Å². The lowest BCUT2D eigenvalue weighted by Crippen LogP contribution is -2.26. The van der Waals surface area contributed by atoms with Crippen molar-refractivity contribution >= 4 is 17.5 Å². The van der Waals surface area contributed by atoms with E-state index in [2.05, 4.69) is 10.3 Å². The quantitative estimate of drug-likeness (QED) is 0.906. The number of carbonyl (C=O) groups is 1. The zero-order valence-corrected chi connectivity index (χ0v) is 11.1. The second-order valence-corrected chi connectivity index (χ2v) is 4.62. The summed E-state index contributed by atoms with van der Waals surface area (Å²) in [6, 6.07) is 8.47. The SMILES string of the molecule is CC(NC(=O)c1cncc(O)c1)c1cccc(Cl)c1. The highest BCUT2D eigenvalue weighted by Crippen LogP contribution is 2.18. The molecule has 98 valence electrons. The monoisotopic (exact) mass is 276 g/mol. The summed E-state index contributed by atoms with van der Waals surface area (Å²) in [7, 11) is 0. The topological polar surface area (TPSA) is 62.2 Å². The molecule has 19 heavy (non-hydrogen) atoms. The third kappa shape index (κ3) is 3.45. The van der Waals surface area contributed by atoms with Crippen LogP contribution in [0.3, 0.4) is 0 Å². The maximum Gasteiger partial charge on any atom is 0.253 e. The van der Waals surface area contributed by atoms with Gasteiger partial charge in [0.2, 0.25) is 0 Å². The summed E-state index contributed by atoms with van der Waals surface area (Å²) in [5, 5.41) is 12.7. The predicted molar refractivity (Wildman–Crippen MR) is 73.2 cm³/mol. The van der Waals surface area contributed by atoms with Gasteiger partial charge in [-0.15, -0.1) is 0 Å². The van der Waals surface area contributed by atoms with Crippen molar-refractivity contribution in [3.05, 3.63) is 58.9 Å². The van der Waals surface area contributed by atoms with Gasteiger partial charge in [0.1, 0.15) is 5.75 Å². The first kappa shape index (κ1) is 13.4. The summed E-state index contributed by atoms with van der Waals surface area (Å²) in [5.74, 6) is -0.334. The molecule has 2 aromatic rings. The van der Waals surface area contributed by atoms with Gasteiger partial charge >= 0.3 is 0 Å². The number of nitrogens with zero attached hydrogens (tertiary/aromatic N) is 1. The molecule has 0 spiro atoms. The maximum absolute atomic E-state index is 12.0. The number of halogens is 1. The highest BCUT2D eigenvalue weighted by atomic mass is 35.5. The average Bonchev–Trinajstić information content (AvgIpc) is 2.38. The van der Waals surface area contributed by atoms with Crippen molar-refractivity contribution in [1.82, 2.24) is 10.3 Å². The van der Waals surface area contributed by atoms with Crippen molar-refractivity contribution in [2.45, 2.75) is 13.0 Å². The molecule has 4 nitrogen and oxygen atoms in total. The number of amides is 1. The fourth-order valence-corrected chi connectivity index (χ4v) is 1.89. The second-order valence-electron chi connectivity index (χ2n) is 4.18. The van der Waals surface area contributed by atoms with E-state index in [0.717, 1.165) is 5.56 Å². The van der Waals surface area contributed by atoms with Gasteiger partial charge in [-0.05, 0) is 30.7 Å². The van der Waals surface area contributed by atoms with Crippen LogP contribution in [0, 0.1) is 0 Å². The number of pyridine rings is 1. The minimum atomic E-state index is -0.295. The van der Waals surface area contributed by atoms with Crippen LogP contribution in [-0.4, -0.2) is 16.0 Å². The number of aromatic hydroxyl groups is 1. The first-order chi connectivity index (χ1) is 9.06. The standard InChI is InChI=1S/C14H13ClN2O2/c1-9(10-3-2-4-12(15)5-10)17-14(19)11-6-13(18)8-16-7-11/h2-9,18H,1H3,(H,17,19). The zero-order chi connectivity index (χ0) is 13.8. The highest BCUT2D eigenvalue weighted by Gasteiger charge is 2.12. The van der Waals surface area contributed by atoms with Gasteiger partial charge < -0.3 is 10.4 Å². The van der Waals surface area contributed by atoms with Gasteiger partial charge in [-0.1, -0.05) is 23.7 Å². The average molecular weight is 277 g/mol. The number of carbonyl (C=O) groups excluding carboxylic acids is 1. The summed E-state index contributed by atoms with van der Waals surface area (Å²) in [4.78, 5) is 15.7. The Kier molecular flexibility index (Phi) is 4.02.